The number of aryl methyl sites for hydroxylation is 1. The van der Waals surface area contributed by atoms with Gasteiger partial charge < -0.3 is 4.90 Å². The molecule has 0 aliphatic carbocycles. The lowest BCUT2D eigenvalue weighted by molar-refractivity contribution is -0.138. The summed E-state index contributed by atoms with van der Waals surface area (Å²) in [6.07, 6.45) is 9.36. The van der Waals surface area contributed by atoms with Crippen LogP contribution in [0.4, 0.5) is 0 Å². The Morgan fingerprint density at radius 2 is 2.11 bits per heavy atom. The van der Waals surface area contributed by atoms with Gasteiger partial charge in [0.1, 0.15) is 0 Å². The number of likely N-dealkylation sites (tertiary alicyclic amines) is 1. The fourth-order valence-corrected chi connectivity index (χ4v) is 2.81. The maximum absolute atomic E-state index is 12.2. The zero-order valence-corrected chi connectivity index (χ0v) is 12.0. The topological polar surface area (TPSA) is 33.2 Å². The number of carbonyl (C=O) groups excluding carboxylic acids is 1. The second-order valence-corrected chi connectivity index (χ2v) is 5.73. The highest BCUT2D eigenvalue weighted by molar-refractivity contribution is 5.78. The molecule has 1 aliphatic heterocycles. The van der Waals surface area contributed by atoms with Crippen molar-refractivity contribution in [3.05, 3.63) is 30.1 Å². The molecule has 1 aromatic rings. The van der Waals surface area contributed by atoms with Crippen LogP contribution in [0.15, 0.2) is 24.5 Å². The van der Waals surface area contributed by atoms with Gasteiger partial charge in [-0.1, -0.05) is 13.8 Å². The molecule has 1 aliphatic rings. The van der Waals surface area contributed by atoms with Gasteiger partial charge in [0.2, 0.25) is 5.91 Å². The summed E-state index contributed by atoms with van der Waals surface area (Å²) in [6, 6.07) is 4.56. The molecule has 0 spiro atoms. The Bertz CT molecular complexity index is 402. The van der Waals surface area contributed by atoms with Crippen molar-refractivity contribution in [2.45, 2.75) is 52.0 Å². The largest absolute Gasteiger partial charge is 0.339 e. The molecule has 1 atom stereocenters. The Morgan fingerprint density at radius 1 is 1.37 bits per heavy atom. The third kappa shape index (κ3) is 3.79. The molecule has 104 valence electrons. The van der Waals surface area contributed by atoms with Gasteiger partial charge in [0, 0.05) is 30.9 Å². The van der Waals surface area contributed by atoms with Crippen molar-refractivity contribution in [1.82, 2.24) is 9.88 Å². The van der Waals surface area contributed by atoms with Crippen molar-refractivity contribution < 1.29 is 4.79 Å². The number of nitrogens with zero attached hydrogens (tertiary/aromatic N) is 2. The van der Waals surface area contributed by atoms with Gasteiger partial charge in [-0.15, -0.1) is 0 Å². The molecule has 0 N–H and O–H groups in total. The van der Waals surface area contributed by atoms with Crippen molar-refractivity contribution in [3.63, 3.8) is 0 Å². The molecule has 3 heteroatoms. The number of hydrogen-bond donors (Lipinski definition) is 0. The van der Waals surface area contributed by atoms with Crippen molar-refractivity contribution in [1.29, 1.82) is 0 Å². The lowest BCUT2D eigenvalue weighted by Crippen LogP contribution is -2.45. The minimum atomic E-state index is 0.113. The summed E-state index contributed by atoms with van der Waals surface area (Å²) < 4.78 is 0. The van der Waals surface area contributed by atoms with E-state index in [0.717, 1.165) is 32.2 Å². The van der Waals surface area contributed by atoms with E-state index in [0.29, 0.717) is 11.9 Å². The zero-order valence-electron chi connectivity index (χ0n) is 12.0. The molecule has 0 saturated carbocycles. The standard InChI is InChI=1S/C16H24N2O/c1-13(2)16(19)18-12-4-3-5-15(18)7-6-14-8-10-17-11-9-14/h8-11,13,15H,3-7,12H2,1-2H3. The Balaban J connectivity index is 1.94. The van der Waals surface area contributed by atoms with Gasteiger partial charge in [-0.2, -0.15) is 0 Å². The van der Waals surface area contributed by atoms with E-state index < -0.39 is 0 Å². The minimum Gasteiger partial charge on any atom is -0.339 e. The van der Waals surface area contributed by atoms with E-state index in [9.17, 15) is 4.79 Å². The van der Waals surface area contributed by atoms with Gasteiger partial charge >= 0.3 is 0 Å². The van der Waals surface area contributed by atoms with Crippen molar-refractivity contribution >= 4 is 5.91 Å². The quantitative estimate of drug-likeness (QED) is 0.833. The Labute approximate surface area is 116 Å². The number of carbonyl (C=O) groups is 1. The van der Waals surface area contributed by atoms with Crippen LogP contribution in [0.5, 0.6) is 0 Å². The number of amides is 1. The average Bonchev–Trinajstić information content (AvgIpc) is 2.45. The van der Waals surface area contributed by atoms with Crippen molar-refractivity contribution in [3.8, 4) is 0 Å². The van der Waals surface area contributed by atoms with E-state index in [1.54, 1.807) is 0 Å². The lowest BCUT2D eigenvalue weighted by atomic mass is 9.95. The molecule has 19 heavy (non-hydrogen) atoms. The van der Waals surface area contributed by atoms with Crippen LogP contribution in [0.1, 0.15) is 45.1 Å². The zero-order chi connectivity index (χ0) is 13.7. The van der Waals surface area contributed by atoms with E-state index in [4.69, 9.17) is 0 Å². The SMILES string of the molecule is CC(C)C(=O)N1CCCCC1CCc1ccncc1. The molecule has 2 rings (SSSR count). The fourth-order valence-electron chi connectivity index (χ4n) is 2.81. The third-order valence-corrected chi connectivity index (χ3v) is 3.92. The molecule has 2 heterocycles. The number of pyridine rings is 1. The molecular weight excluding hydrogens is 236 g/mol. The van der Waals surface area contributed by atoms with Crippen LogP contribution in [0.3, 0.4) is 0 Å². The number of aromatic nitrogens is 1. The maximum Gasteiger partial charge on any atom is 0.225 e. The first-order valence-corrected chi connectivity index (χ1v) is 7.38. The van der Waals surface area contributed by atoms with Crippen LogP contribution in [-0.2, 0) is 11.2 Å². The number of piperidine rings is 1. The minimum absolute atomic E-state index is 0.113. The Morgan fingerprint density at radius 3 is 2.79 bits per heavy atom. The van der Waals surface area contributed by atoms with Gasteiger partial charge in [-0.05, 0) is 49.8 Å². The predicted octanol–water partition coefficient (Wildman–Crippen LogP) is 3.05. The average molecular weight is 260 g/mol. The van der Waals surface area contributed by atoms with Gasteiger partial charge in [0.05, 0.1) is 0 Å². The molecule has 1 amide bonds. The van der Waals surface area contributed by atoms with Crippen LogP contribution in [-0.4, -0.2) is 28.4 Å². The normalized spacial score (nSPS) is 19.7. The van der Waals surface area contributed by atoms with E-state index in [-0.39, 0.29) is 5.92 Å². The molecular formula is C16H24N2O. The molecule has 1 fully saturated rings. The first kappa shape index (κ1) is 14.0. The Hall–Kier alpha value is -1.38. The van der Waals surface area contributed by atoms with E-state index >= 15 is 0 Å². The number of hydrogen-bond acceptors (Lipinski definition) is 2. The monoisotopic (exact) mass is 260 g/mol. The summed E-state index contributed by atoms with van der Waals surface area (Å²) in [5, 5.41) is 0. The molecule has 3 nitrogen and oxygen atoms in total. The van der Waals surface area contributed by atoms with Crippen LogP contribution in [0, 0.1) is 5.92 Å². The van der Waals surface area contributed by atoms with Crippen molar-refractivity contribution in [2.24, 2.45) is 5.92 Å². The van der Waals surface area contributed by atoms with Crippen molar-refractivity contribution in [2.75, 3.05) is 6.54 Å². The van der Waals surface area contributed by atoms with Crippen LogP contribution in [0.2, 0.25) is 0 Å². The first-order valence-electron chi connectivity index (χ1n) is 7.38. The summed E-state index contributed by atoms with van der Waals surface area (Å²) >= 11 is 0. The highest BCUT2D eigenvalue weighted by atomic mass is 16.2. The molecule has 0 radical (unpaired) electrons. The van der Waals surface area contributed by atoms with E-state index in [2.05, 4.69) is 22.0 Å². The van der Waals surface area contributed by atoms with Crippen LogP contribution >= 0.6 is 0 Å². The second kappa shape index (κ2) is 6.69. The second-order valence-electron chi connectivity index (χ2n) is 5.73. The summed E-state index contributed by atoms with van der Waals surface area (Å²) in [4.78, 5) is 18.4. The molecule has 0 bridgehead atoms. The van der Waals surface area contributed by atoms with Crippen LogP contribution in [0.25, 0.3) is 0 Å². The van der Waals surface area contributed by atoms with Crippen LogP contribution < -0.4 is 0 Å². The highest BCUT2D eigenvalue weighted by Crippen LogP contribution is 2.23. The van der Waals surface area contributed by atoms with Gasteiger partial charge in [-0.25, -0.2) is 0 Å². The van der Waals surface area contributed by atoms with Gasteiger partial charge in [0.25, 0.3) is 0 Å². The number of rotatable bonds is 4. The smallest absolute Gasteiger partial charge is 0.225 e. The summed E-state index contributed by atoms with van der Waals surface area (Å²) in [5.74, 6) is 0.431. The third-order valence-electron chi connectivity index (χ3n) is 3.92. The summed E-state index contributed by atoms with van der Waals surface area (Å²) in [7, 11) is 0. The van der Waals surface area contributed by atoms with Gasteiger partial charge in [0.15, 0.2) is 0 Å². The summed E-state index contributed by atoms with van der Waals surface area (Å²) in [6.45, 7) is 4.94. The molecule has 0 aromatic carbocycles. The molecule has 1 aromatic heterocycles. The fraction of sp³-hybridized carbons (Fsp3) is 0.625. The molecule has 1 unspecified atom stereocenters. The Kier molecular flexibility index (Phi) is 4.94. The van der Waals surface area contributed by atoms with E-state index in [1.807, 2.05) is 26.2 Å². The van der Waals surface area contributed by atoms with E-state index in [1.165, 1.54) is 12.0 Å². The highest BCUT2D eigenvalue weighted by Gasteiger charge is 2.27. The lowest BCUT2D eigenvalue weighted by Gasteiger charge is -2.37. The summed E-state index contributed by atoms with van der Waals surface area (Å²) in [5.41, 5.74) is 1.32. The molecule has 1 saturated heterocycles. The first-order chi connectivity index (χ1) is 9.18. The maximum atomic E-state index is 12.2. The van der Waals surface area contributed by atoms with Gasteiger partial charge in [-0.3, -0.25) is 9.78 Å². The predicted molar refractivity (Wildman–Crippen MR) is 76.7 cm³/mol.